The zero-order valence-electron chi connectivity index (χ0n) is 16.5. The van der Waals surface area contributed by atoms with Crippen molar-refractivity contribution < 1.29 is 59.6 Å². The van der Waals surface area contributed by atoms with Crippen molar-refractivity contribution in [3.05, 3.63) is 34.4 Å². The highest BCUT2D eigenvalue weighted by Gasteiger charge is 2.51. The number of ether oxygens (including phenoxy) is 4. The van der Waals surface area contributed by atoms with Crippen molar-refractivity contribution in [2.45, 2.75) is 61.4 Å². The largest absolute Gasteiger partial charge is 0.482 e. The second-order valence-electron chi connectivity index (χ2n) is 7.37. The van der Waals surface area contributed by atoms with Crippen molar-refractivity contribution >= 4 is 5.69 Å². The van der Waals surface area contributed by atoms with Gasteiger partial charge in [0.05, 0.1) is 18.1 Å². The Bertz CT molecular complexity index is 762. The number of nitro groups is 1. The summed E-state index contributed by atoms with van der Waals surface area (Å²) in [6.07, 6.45) is -15.7. The molecule has 2 saturated heterocycles. The lowest BCUT2D eigenvalue weighted by Gasteiger charge is -2.46. The number of non-ortho nitro benzene ring substituents is 1. The SMILES string of the molecule is O=[N+]([O-])c1ccc(O[C@@H]2[C@@H](O)[C@H](O[C@@H]3O[C@H](CO)[C@H](O)[C@H](O)[C@H]3O)[C@@H](CO)O[C@H]2O)cc1. The summed E-state index contributed by atoms with van der Waals surface area (Å²) in [5, 5.41) is 80.5. The predicted molar refractivity (Wildman–Crippen MR) is 100 cm³/mol. The number of nitro benzene ring substituents is 1. The van der Waals surface area contributed by atoms with Gasteiger partial charge in [-0.2, -0.15) is 0 Å². The molecule has 0 radical (unpaired) electrons. The zero-order valence-corrected chi connectivity index (χ0v) is 16.5. The minimum atomic E-state index is -1.78. The molecule has 0 unspecified atom stereocenters. The Morgan fingerprint density at radius 1 is 0.844 bits per heavy atom. The van der Waals surface area contributed by atoms with Gasteiger partial charge in [-0.15, -0.1) is 0 Å². The van der Waals surface area contributed by atoms with E-state index in [-0.39, 0.29) is 11.4 Å². The highest BCUT2D eigenvalue weighted by Crippen LogP contribution is 2.30. The van der Waals surface area contributed by atoms with E-state index in [1.807, 2.05) is 0 Å². The van der Waals surface area contributed by atoms with Crippen LogP contribution in [0.2, 0.25) is 0 Å². The number of aliphatic hydroxyl groups is 7. The van der Waals surface area contributed by atoms with Crippen molar-refractivity contribution in [3.8, 4) is 5.75 Å². The lowest BCUT2D eigenvalue weighted by atomic mass is 9.97. The third kappa shape index (κ3) is 4.99. The number of nitrogens with zero attached hydrogens (tertiary/aromatic N) is 1. The summed E-state index contributed by atoms with van der Waals surface area (Å²) < 4.78 is 21.5. The molecule has 1 aromatic carbocycles. The van der Waals surface area contributed by atoms with Crippen molar-refractivity contribution in [1.29, 1.82) is 0 Å². The van der Waals surface area contributed by atoms with E-state index in [2.05, 4.69) is 0 Å². The molecule has 32 heavy (non-hydrogen) atoms. The summed E-state index contributed by atoms with van der Waals surface area (Å²) in [6, 6.07) is 4.78. The first-order valence-corrected chi connectivity index (χ1v) is 9.67. The molecular formula is C18H25NO13. The minimum Gasteiger partial charge on any atom is -0.482 e. The molecule has 14 heteroatoms. The van der Waals surface area contributed by atoms with Crippen LogP contribution in [0.4, 0.5) is 5.69 Å². The second kappa shape index (κ2) is 10.3. The molecule has 7 N–H and O–H groups in total. The molecule has 0 amide bonds. The molecule has 0 spiro atoms. The van der Waals surface area contributed by atoms with Crippen LogP contribution >= 0.6 is 0 Å². The summed E-state index contributed by atoms with van der Waals surface area (Å²) in [5.41, 5.74) is -0.206. The van der Waals surface area contributed by atoms with Gasteiger partial charge in [-0.05, 0) is 12.1 Å². The van der Waals surface area contributed by atoms with Crippen LogP contribution in [0.1, 0.15) is 0 Å². The van der Waals surface area contributed by atoms with E-state index < -0.39 is 79.5 Å². The van der Waals surface area contributed by atoms with Gasteiger partial charge in [-0.25, -0.2) is 0 Å². The van der Waals surface area contributed by atoms with Crippen molar-refractivity contribution in [3.63, 3.8) is 0 Å². The summed E-state index contributed by atoms with van der Waals surface area (Å²) >= 11 is 0. The van der Waals surface area contributed by atoms with Crippen molar-refractivity contribution in [2.24, 2.45) is 0 Å². The Labute approximate surface area is 180 Å². The number of hydrogen-bond acceptors (Lipinski definition) is 13. The molecule has 0 saturated carbocycles. The van der Waals surface area contributed by atoms with Gasteiger partial charge < -0.3 is 54.7 Å². The summed E-state index contributed by atoms with van der Waals surface area (Å²) in [7, 11) is 0. The number of aliphatic hydroxyl groups excluding tert-OH is 7. The lowest BCUT2D eigenvalue weighted by Crippen LogP contribution is -2.65. The first kappa shape index (κ1) is 24.7. The van der Waals surface area contributed by atoms with Crippen LogP contribution < -0.4 is 4.74 Å². The Kier molecular flexibility index (Phi) is 7.94. The first-order chi connectivity index (χ1) is 15.2. The van der Waals surface area contributed by atoms with E-state index in [0.29, 0.717) is 0 Å². The second-order valence-corrected chi connectivity index (χ2v) is 7.37. The summed E-state index contributed by atoms with van der Waals surface area (Å²) in [4.78, 5) is 10.1. The Hall–Kier alpha value is -1.98. The zero-order chi connectivity index (χ0) is 23.6. The van der Waals surface area contributed by atoms with E-state index in [1.54, 1.807) is 0 Å². The predicted octanol–water partition coefficient (Wildman–Crippen LogP) is -3.40. The van der Waals surface area contributed by atoms with Gasteiger partial charge in [0.25, 0.3) is 5.69 Å². The van der Waals surface area contributed by atoms with Crippen molar-refractivity contribution in [1.82, 2.24) is 0 Å². The average molecular weight is 463 g/mol. The molecule has 180 valence electrons. The molecule has 2 aliphatic rings. The molecule has 3 rings (SSSR count). The molecular weight excluding hydrogens is 438 g/mol. The van der Waals surface area contributed by atoms with Crippen molar-refractivity contribution in [2.75, 3.05) is 13.2 Å². The fourth-order valence-electron chi connectivity index (χ4n) is 3.49. The van der Waals surface area contributed by atoms with Crippen LogP contribution in [-0.2, 0) is 14.2 Å². The molecule has 0 aliphatic carbocycles. The molecule has 0 aromatic heterocycles. The number of rotatable bonds is 7. The highest BCUT2D eigenvalue weighted by atomic mass is 16.7. The molecule has 1 aromatic rings. The molecule has 2 fully saturated rings. The molecule has 14 nitrogen and oxygen atoms in total. The molecule has 10 atom stereocenters. The summed E-state index contributed by atoms with van der Waals surface area (Å²) in [5.74, 6) is 0.0522. The van der Waals surface area contributed by atoms with Gasteiger partial charge in [0.2, 0.25) is 0 Å². The molecule has 0 bridgehead atoms. The maximum Gasteiger partial charge on any atom is 0.269 e. The standard InChI is InChI=1S/C18H25NO13/c20-5-9-11(22)12(23)13(24)18(31-9)32-15-10(6-21)30-17(26)16(14(15)25)29-8-3-1-7(2-4-8)19(27)28/h1-4,9-18,20-26H,5-6H2/t9-,10-,11+,12+,13-,14+,15-,16-,17-,18+/m1/s1. The number of benzene rings is 1. The average Bonchev–Trinajstić information content (AvgIpc) is 2.78. The third-order valence-electron chi connectivity index (χ3n) is 5.27. The van der Waals surface area contributed by atoms with Gasteiger partial charge in [-0.3, -0.25) is 10.1 Å². The molecule has 2 aliphatic heterocycles. The summed E-state index contributed by atoms with van der Waals surface area (Å²) in [6.45, 7) is -1.43. The Morgan fingerprint density at radius 3 is 2.03 bits per heavy atom. The van der Waals surface area contributed by atoms with Crippen LogP contribution in [0, 0.1) is 10.1 Å². The highest BCUT2D eigenvalue weighted by molar-refractivity contribution is 5.36. The fourth-order valence-corrected chi connectivity index (χ4v) is 3.49. The van der Waals surface area contributed by atoms with E-state index in [0.717, 1.165) is 12.1 Å². The fraction of sp³-hybridized carbons (Fsp3) is 0.667. The van der Waals surface area contributed by atoms with Gasteiger partial charge in [0.15, 0.2) is 18.7 Å². The van der Waals surface area contributed by atoms with Crippen LogP contribution in [-0.4, -0.2) is 115 Å². The molecule has 2 heterocycles. The monoisotopic (exact) mass is 463 g/mol. The maximum absolute atomic E-state index is 10.8. The van der Waals surface area contributed by atoms with Gasteiger partial charge in [0.1, 0.15) is 48.5 Å². The van der Waals surface area contributed by atoms with Gasteiger partial charge in [0, 0.05) is 12.1 Å². The third-order valence-corrected chi connectivity index (χ3v) is 5.27. The Balaban J connectivity index is 1.76. The van der Waals surface area contributed by atoms with E-state index in [9.17, 15) is 45.9 Å². The van der Waals surface area contributed by atoms with E-state index >= 15 is 0 Å². The smallest absolute Gasteiger partial charge is 0.269 e. The topological polar surface area (TPSA) is 222 Å². The van der Waals surface area contributed by atoms with Gasteiger partial charge >= 0.3 is 0 Å². The Morgan fingerprint density at radius 2 is 1.47 bits per heavy atom. The van der Waals surface area contributed by atoms with Gasteiger partial charge in [-0.1, -0.05) is 0 Å². The van der Waals surface area contributed by atoms with Crippen LogP contribution in [0.3, 0.4) is 0 Å². The van der Waals surface area contributed by atoms with Crippen LogP contribution in [0.15, 0.2) is 24.3 Å². The number of hydrogen-bond donors (Lipinski definition) is 7. The lowest BCUT2D eigenvalue weighted by molar-refractivity contribution is -0.384. The van der Waals surface area contributed by atoms with Crippen LogP contribution in [0.25, 0.3) is 0 Å². The van der Waals surface area contributed by atoms with Crippen LogP contribution in [0.5, 0.6) is 5.75 Å². The van der Waals surface area contributed by atoms with E-state index in [4.69, 9.17) is 18.9 Å². The van der Waals surface area contributed by atoms with E-state index in [1.165, 1.54) is 12.1 Å². The normalized spacial score (nSPS) is 40.1. The minimum absolute atomic E-state index is 0.0522. The first-order valence-electron chi connectivity index (χ1n) is 9.67. The quantitative estimate of drug-likeness (QED) is 0.155. The maximum atomic E-state index is 10.8.